The standard InChI is InChI=1S/C19H16F2N2O4.C2HF3O2/c20-15-3-1-11(5-16(15)21)10-25-13-6-14(7-13)26-19-4-2-12(9-22-19)17-8-18(24)23-27-17;3-2(4,5)1(6)7/h1-5,8-9,13-14H,6-7,10H2,(H,23,24);(H,6,7). The maximum atomic E-state index is 13.2. The van der Waals surface area contributed by atoms with Gasteiger partial charge in [-0.05, 0) is 23.8 Å². The first-order valence-corrected chi connectivity index (χ1v) is 9.72. The number of hydrogen-bond acceptors (Lipinski definition) is 6. The van der Waals surface area contributed by atoms with E-state index in [-0.39, 0.29) is 24.4 Å². The Balaban J connectivity index is 0.000000406. The van der Waals surface area contributed by atoms with Crippen LogP contribution in [-0.4, -0.2) is 29.5 Å². The molecule has 0 saturated heterocycles. The summed E-state index contributed by atoms with van der Waals surface area (Å²) < 4.78 is 74.1. The summed E-state index contributed by atoms with van der Waals surface area (Å²) >= 11 is 0. The van der Waals surface area contributed by atoms with Gasteiger partial charge in [-0.1, -0.05) is 6.07 Å². The molecule has 182 valence electrons. The van der Waals surface area contributed by atoms with Gasteiger partial charge in [0.05, 0.1) is 30.4 Å². The normalized spacial score (nSPS) is 17.3. The average molecular weight is 488 g/mol. The fraction of sp³-hybridized carbons (Fsp3) is 0.286. The number of alkyl halides is 3. The van der Waals surface area contributed by atoms with Gasteiger partial charge in [-0.3, -0.25) is 4.79 Å². The molecule has 1 saturated carbocycles. The smallest absolute Gasteiger partial charge is 0.430 e. The van der Waals surface area contributed by atoms with E-state index in [0.717, 1.165) is 17.7 Å². The van der Waals surface area contributed by atoms with Crippen molar-refractivity contribution in [3.8, 4) is 17.2 Å². The van der Waals surface area contributed by atoms with Crippen LogP contribution in [0.5, 0.6) is 5.88 Å². The summed E-state index contributed by atoms with van der Waals surface area (Å²) in [6, 6.07) is 8.66. The molecule has 1 aromatic carbocycles. The Morgan fingerprint density at radius 3 is 2.35 bits per heavy atom. The highest BCUT2D eigenvalue weighted by Gasteiger charge is 2.33. The second kappa shape index (κ2) is 10.5. The molecule has 2 N–H and O–H groups in total. The van der Waals surface area contributed by atoms with Crippen LogP contribution < -0.4 is 20.4 Å². The zero-order valence-electron chi connectivity index (χ0n) is 17.2. The molecule has 0 spiro atoms. The van der Waals surface area contributed by atoms with E-state index in [1.54, 1.807) is 18.3 Å². The number of H-pyrrole nitrogens is 2. The van der Waals surface area contributed by atoms with E-state index in [9.17, 15) is 26.7 Å². The molecule has 1 aliphatic carbocycles. The Kier molecular flexibility index (Phi) is 7.66. The van der Waals surface area contributed by atoms with Gasteiger partial charge in [0.2, 0.25) is 0 Å². The Hall–Kier alpha value is -3.74. The molecular formula is C21H17F5N2O6. The number of benzene rings is 1. The molecule has 2 aromatic heterocycles. The minimum atomic E-state index is -5.19. The van der Waals surface area contributed by atoms with Crippen molar-refractivity contribution < 1.29 is 50.8 Å². The zero-order chi connectivity index (χ0) is 24.9. The molecule has 2 heterocycles. The van der Waals surface area contributed by atoms with Gasteiger partial charge < -0.3 is 23.9 Å². The van der Waals surface area contributed by atoms with Gasteiger partial charge in [0, 0.05) is 12.8 Å². The molecule has 4 rings (SSSR count). The summed E-state index contributed by atoms with van der Waals surface area (Å²) in [5, 5.41) is 11.0. The van der Waals surface area contributed by atoms with Crippen molar-refractivity contribution in [3.05, 3.63) is 70.1 Å². The van der Waals surface area contributed by atoms with Gasteiger partial charge in [-0.25, -0.2) is 8.78 Å². The molecule has 0 amide bonds. The molecule has 1 aliphatic rings. The number of ether oxygens (including phenoxy) is 2. The molecule has 8 nitrogen and oxygen atoms in total. The van der Waals surface area contributed by atoms with Crippen LogP contribution in [0.4, 0.5) is 22.0 Å². The van der Waals surface area contributed by atoms with Gasteiger partial charge in [0.1, 0.15) is 12.1 Å². The third-order valence-electron chi connectivity index (χ3n) is 4.64. The largest absolute Gasteiger partial charge is 0.542 e. The highest BCUT2D eigenvalue weighted by Crippen LogP contribution is 2.28. The number of pyridine rings is 1. The molecule has 34 heavy (non-hydrogen) atoms. The number of carboxylic acids is 1. The minimum Gasteiger partial charge on any atom is -0.542 e. The highest BCUT2D eigenvalue weighted by molar-refractivity contribution is 5.70. The summed E-state index contributed by atoms with van der Waals surface area (Å²) in [6.45, 7) is 0.233. The van der Waals surface area contributed by atoms with Crippen LogP contribution in [0, 0.1) is 11.6 Å². The maximum Gasteiger partial charge on any atom is 0.430 e. The van der Waals surface area contributed by atoms with Crippen LogP contribution in [0.2, 0.25) is 0 Å². The minimum absolute atomic E-state index is 0.0206. The summed E-state index contributed by atoms with van der Waals surface area (Å²) in [6.07, 6.45) is -2.03. The zero-order valence-corrected chi connectivity index (χ0v) is 17.2. The third-order valence-corrected chi connectivity index (χ3v) is 4.64. The number of halogens is 5. The van der Waals surface area contributed by atoms with Crippen molar-refractivity contribution in [2.75, 3.05) is 0 Å². The number of aliphatic carboxylic acids is 1. The van der Waals surface area contributed by atoms with Crippen LogP contribution in [0.1, 0.15) is 18.4 Å². The number of rotatable bonds is 6. The number of hydrogen-bond donors (Lipinski definition) is 1. The van der Waals surface area contributed by atoms with E-state index >= 15 is 0 Å². The molecule has 0 atom stereocenters. The Labute approximate surface area is 187 Å². The molecule has 0 unspecified atom stereocenters. The topological polar surface area (TPSA) is 119 Å². The van der Waals surface area contributed by atoms with Gasteiger partial charge in [-0.2, -0.15) is 23.3 Å². The number of carbonyl (C=O) groups is 1. The average Bonchev–Trinajstić information content (AvgIpc) is 3.18. The lowest BCUT2D eigenvalue weighted by Gasteiger charge is -2.33. The fourth-order valence-electron chi connectivity index (χ4n) is 2.84. The van der Waals surface area contributed by atoms with Gasteiger partial charge in [-0.15, -0.1) is 0 Å². The van der Waals surface area contributed by atoms with Crippen molar-refractivity contribution >= 4 is 5.97 Å². The second-order valence-electron chi connectivity index (χ2n) is 7.20. The monoisotopic (exact) mass is 488 g/mol. The lowest BCUT2D eigenvalue weighted by atomic mass is 9.92. The lowest BCUT2D eigenvalue weighted by molar-refractivity contribution is -0.398. The van der Waals surface area contributed by atoms with E-state index < -0.39 is 23.8 Å². The van der Waals surface area contributed by atoms with Crippen LogP contribution in [0.25, 0.3) is 11.3 Å². The number of aromatic nitrogens is 2. The molecule has 0 radical (unpaired) electrons. The van der Waals surface area contributed by atoms with Crippen LogP contribution in [0.15, 0.2) is 51.9 Å². The van der Waals surface area contributed by atoms with Gasteiger partial charge in [0.15, 0.2) is 23.6 Å². The van der Waals surface area contributed by atoms with E-state index in [4.69, 9.17) is 23.9 Å². The van der Waals surface area contributed by atoms with E-state index in [1.807, 2.05) is 0 Å². The fourth-order valence-corrected chi connectivity index (χ4v) is 2.84. The van der Waals surface area contributed by atoms with E-state index in [0.29, 0.717) is 30.0 Å². The maximum absolute atomic E-state index is 13.2. The lowest BCUT2D eigenvalue weighted by Crippen LogP contribution is -2.40. The van der Waals surface area contributed by atoms with Crippen molar-refractivity contribution in [1.29, 1.82) is 0 Å². The Morgan fingerprint density at radius 2 is 1.82 bits per heavy atom. The van der Waals surface area contributed by atoms with Crippen molar-refractivity contribution in [1.82, 2.24) is 5.16 Å². The Bertz CT molecular complexity index is 1170. The highest BCUT2D eigenvalue weighted by atomic mass is 19.4. The van der Waals surface area contributed by atoms with Gasteiger partial charge in [0.25, 0.3) is 5.56 Å². The van der Waals surface area contributed by atoms with E-state index in [1.165, 1.54) is 12.1 Å². The summed E-state index contributed by atoms with van der Waals surface area (Å²) in [4.78, 5) is 22.9. The number of aromatic amines is 2. The second-order valence-corrected chi connectivity index (χ2v) is 7.20. The molecule has 13 heteroatoms. The SMILES string of the molecule is O=C([O-])C(F)(F)F.O=c1cc(-c2ccc(OC3CC(OCc4ccc(F)c(F)c4)C3)[nH+]c2)o[nH]1. The number of nitrogens with one attached hydrogen (secondary N) is 2. The first-order chi connectivity index (χ1) is 16.0. The summed E-state index contributed by atoms with van der Waals surface area (Å²) in [5.74, 6) is -3.70. The predicted octanol–water partition coefficient (Wildman–Crippen LogP) is 2.15. The van der Waals surface area contributed by atoms with Crippen LogP contribution >= 0.6 is 0 Å². The first-order valence-electron chi connectivity index (χ1n) is 9.72. The molecule has 1 fully saturated rings. The molecular weight excluding hydrogens is 471 g/mol. The number of carbonyl (C=O) groups excluding carboxylic acids is 1. The van der Waals surface area contributed by atoms with Crippen LogP contribution in [0.3, 0.4) is 0 Å². The van der Waals surface area contributed by atoms with Gasteiger partial charge >= 0.3 is 12.1 Å². The molecule has 3 aromatic rings. The Morgan fingerprint density at radius 1 is 1.12 bits per heavy atom. The van der Waals surface area contributed by atoms with Crippen molar-refractivity contribution in [2.24, 2.45) is 0 Å². The molecule has 0 aliphatic heterocycles. The van der Waals surface area contributed by atoms with E-state index in [2.05, 4.69) is 10.1 Å². The van der Waals surface area contributed by atoms with Crippen molar-refractivity contribution in [3.63, 3.8) is 0 Å². The van der Waals surface area contributed by atoms with Crippen molar-refractivity contribution in [2.45, 2.75) is 37.8 Å². The summed E-state index contributed by atoms with van der Waals surface area (Å²) in [5.41, 5.74) is 1.02. The summed E-state index contributed by atoms with van der Waals surface area (Å²) in [7, 11) is 0. The quantitative estimate of drug-likeness (QED) is 0.532. The van der Waals surface area contributed by atoms with Crippen LogP contribution in [-0.2, 0) is 16.1 Å². The molecule has 0 bridgehead atoms. The third kappa shape index (κ3) is 6.88. The predicted molar refractivity (Wildman–Crippen MR) is 101 cm³/mol. The number of carboxylic acid groups (broad SMARTS) is 1. The first kappa shape index (κ1) is 24.9.